The minimum absolute atomic E-state index is 0.186. The maximum atomic E-state index is 12.5. The Labute approximate surface area is 143 Å². The number of benzene rings is 1. The van der Waals surface area contributed by atoms with E-state index in [-0.39, 0.29) is 5.91 Å². The lowest BCUT2D eigenvalue weighted by molar-refractivity contribution is -0.136. The second kappa shape index (κ2) is 8.11. The highest BCUT2D eigenvalue weighted by atomic mass is 16.5. The van der Waals surface area contributed by atoms with Gasteiger partial charge in [0.15, 0.2) is 0 Å². The largest absolute Gasteiger partial charge is 0.491 e. The zero-order valence-electron chi connectivity index (χ0n) is 14.9. The maximum absolute atomic E-state index is 12.5. The van der Waals surface area contributed by atoms with Gasteiger partial charge in [-0.1, -0.05) is 13.3 Å². The van der Waals surface area contributed by atoms with Crippen molar-refractivity contribution in [3.63, 3.8) is 0 Å². The van der Waals surface area contributed by atoms with E-state index >= 15 is 0 Å². The van der Waals surface area contributed by atoms with Crippen LogP contribution in [0.2, 0.25) is 0 Å². The molecule has 0 bridgehead atoms. The summed E-state index contributed by atoms with van der Waals surface area (Å²) in [5.41, 5.74) is 0.568. The van der Waals surface area contributed by atoms with E-state index in [1.807, 2.05) is 31.2 Å². The van der Waals surface area contributed by atoms with Gasteiger partial charge >= 0.3 is 0 Å². The summed E-state index contributed by atoms with van der Waals surface area (Å²) in [4.78, 5) is 16.9. The van der Waals surface area contributed by atoms with E-state index in [0.717, 1.165) is 29.5 Å². The summed E-state index contributed by atoms with van der Waals surface area (Å²) in [6.07, 6.45) is 3.80. The average molecular weight is 330 g/mol. The summed E-state index contributed by atoms with van der Waals surface area (Å²) in [5, 5.41) is 3.80. The molecule has 0 unspecified atom stereocenters. The Hall–Kier alpha value is -2.14. The number of aromatic nitrogens is 1. The van der Waals surface area contributed by atoms with Crippen LogP contribution in [0.1, 0.15) is 40.5 Å². The number of unbranched alkanes of at least 4 members (excludes halogenated alkanes) is 1. The van der Waals surface area contributed by atoms with Crippen molar-refractivity contribution in [1.29, 1.82) is 0 Å². The predicted molar refractivity (Wildman–Crippen MR) is 96.5 cm³/mol. The monoisotopic (exact) mass is 330 g/mol. The van der Waals surface area contributed by atoms with Gasteiger partial charge in [0.1, 0.15) is 16.9 Å². The maximum Gasteiger partial charge on any atom is 0.256 e. The Balaban J connectivity index is 2.29. The van der Waals surface area contributed by atoms with Crippen molar-refractivity contribution in [3.8, 4) is 5.75 Å². The molecule has 0 spiro atoms. The quantitative estimate of drug-likeness (QED) is 0.738. The molecule has 0 aliphatic rings. The topological polar surface area (TPSA) is 60.5 Å². The first-order valence-electron chi connectivity index (χ1n) is 8.45. The Morgan fingerprint density at radius 3 is 2.75 bits per heavy atom. The minimum atomic E-state index is -0.889. The highest BCUT2D eigenvalue weighted by molar-refractivity contribution is 6.05. The smallest absolute Gasteiger partial charge is 0.256 e. The van der Waals surface area contributed by atoms with Gasteiger partial charge < -0.3 is 14.8 Å². The molecular weight excluding hydrogens is 304 g/mol. The number of anilines is 1. The lowest BCUT2D eigenvalue weighted by atomic mass is 10.1. The summed E-state index contributed by atoms with van der Waals surface area (Å²) in [7, 11) is 0. The predicted octanol–water partition coefficient (Wildman–Crippen LogP) is 4.17. The number of nitrogens with zero attached hydrogens (tertiary/aromatic N) is 1. The highest BCUT2D eigenvalue weighted by Crippen LogP contribution is 2.30. The fourth-order valence-electron chi connectivity index (χ4n) is 2.40. The third-order valence-corrected chi connectivity index (χ3v) is 3.79. The van der Waals surface area contributed by atoms with Crippen molar-refractivity contribution in [2.24, 2.45) is 0 Å². The number of carbonyl (C=O) groups is 1. The number of amides is 1. The fourth-order valence-corrected chi connectivity index (χ4v) is 2.40. The van der Waals surface area contributed by atoms with Gasteiger partial charge in [-0.2, -0.15) is 0 Å². The zero-order chi connectivity index (χ0) is 17.6. The molecule has 5 heteroatoms. The van der Waals surface area contributed by atoms with Crippen molar-refractivity contribution in [2.75, 3.05) is 18.5 Å². The van der Waals surface area contributed by atoms with E-state index in [1.54, 1.807) is 20.0 Å². The zero-order valence-corrected chi connectivity index (χ0v) is 14.9. The molecule has 0 saturated heterocycles. The first-order chi connectivity index (χ1) is 11.5. The van der Waals surface area contributed by atoms with Crippen LogP contribution >= 0.6 is 0 Å². The van der Waals surface area contributed by atoms with Crippen LogP contribution in [-0.4, -0.2) is 29.7 Å². The third kappa shape index (κ3) is 4.23. The number of hydrogen-bond acceptors (Lipinski definition) is 4. The number of carbonyl (C=O) groups excluding carboxylic acids is 1. The second-order valence-corrected chi connectivity index (χ2v) is 6.11. The standard InChI is InChI=1S/C19H26N2O3/c1-5-7-13-23-16-11-10-15(14-9-8-12-20-17(14)16)21-18(22)19(3,4)24-6-2/h8-12H,5-7,13H2,1-4H3,(H,21,22). The van der Waals surface area contributed by atoms with E-state index in [0.29, 0.717) is 18.9 Å². The van der Waals surface area contributed by atoms with Crippen LogP contribution in [0, 0.1) is 0 Å². The van der Waals surface area contributed by atoms with Crippen molar-refractivity contribution in [1.82, 2.24) is 4.98 Å². The SMILES string of the molecule is CCCCOc1ccc(NC(=O)C(C)(C)OCC)c2cccnc12. The molecule has 24 heavy (non-hydrogen) atoms. The fraction of sp³-hybridized carbons (Fsp3) is 0.474. The number of fused-ring (bicyclic) bond motifs is 1. The normalized spacial score (nSPS) is 11.5. The number of ether oxygens (including phenoxy) is 2. The van der Waals surface area contributed by atoms with E-state index in [4.69, 9.17) is 9.47 Å². The van der Waals surface area contributed by atoms with Gasteiger partial charge in [-0.3, -0.25) is 9.78 Å². The summed E-state index contributed by atoms with van der Waals surface area (Å²) in [6.45, 7) is 8.65. The van der Waals surface area contributed by atoms with Crippen LogP contribution in [-0.2, 0) is 9.53 Å². The molecule has 0 atom stereocenters. The lowest BCUT2D eigenvalue weighted by Gasteiger charge is -2.24. The van der Waals surface area contributed by atoms with Crippen LogP contribution in [0.5, 0.6) is 5.75 Å². The van der Waals surface area contributed by atoms with Crippen LogP contribution in [0.25, 0.3) is 10.9 Å². The number of rotatable bonds is 8. The van der Waals surface area contributed by atoms with Crippen molar-refractivity contribution >= 4 is 22.5 Å². The van der Waals surface area contributed by atoms with Gasteiger partial charge in [0.05, 0.1) is 12.3 Å². The van der Waals surface area contributed by atoms with Gasteiger partial charge in [0.25, 0.3) is 5.91 Å². The van der Waals surface area contributed by atoms with E-state index in [1.165, 1.54) is 0 Å². The van der Waals surface area contributed by atoms with Crippen LogP contribution < -0.4 is 10.1 Å². The van der Waals surface area contributed by atoms with Gasteiger partial charge in [-0.25, -0.2) is 0 Å². The second-order valence-electron chi connectivity index (χ2n) is 6.11. The molecular formula is C19H26N2O3. The molecule has 1 amide bonds. The Morgan fingerprint density at radius 1 is 1.25 bits per heavy atom. The van der Waals surface area contributed by atoms with Crippen LogP contribution in [0.4, 0.5) is 5.69 Å². The molecule has 2 aromatic rings. The Bertz CT molecular complexity index is 698. The minimum Gasteiger partial charge on any atom is -0.491 e. The summed E-state index contributed by atoms with van der Waals surface area (Å²) >= 11 is 0. The van der Waals surface area contributed by atoms with E-state index in [9.17, 15) is 4.79 Å². The molecule has 1 N–H and O–H groups in total. The molecule has 0 fully saturated rings. The number of nitrogens with one attached hydrogen (secondary N) is 1. The Kier molecular flexibility index (Phi) is 6.15. The number of pyridine rings is 1. The van der Waals surface area contributed by atoms with Crippen molar-refractivity contribution < 1.29 is 14.3 Å². The molecule has 130 valence electrons. The first kappa shape index (κ1) is 18.2. The first-order valence-corrected chi connectivity index (χ1v) is 8.45. The molecule has 0 aliphatic heterocycles. The molecule has 2 rings (SSSR count). The molecule has 1 aromatic heterocycles. The summed E-state index contributed by atoms with van der Waals surface area (Å²) in [6, 6.07) is 7.49. The highest BCUT2D eigenvalue weighted by Gasteiger charge is 2.28. The van der Waals surface area contributed by atoms with Crippen molar-refractivity contribution in [2.45, 2.75) is 46.1 Å². The van der Waals surface area contributed by atoms with E-state index in [2.05, 4.69) is 17.2 Å². The molecule has 0 saturated carbocycles. The Morgan fingerprint density at radius 2 is 2.04 bits per heavy atom. The molecule has 1 heterocycles. The summed E-state index contributed by atoms with van der Waals surface area (Å²) in [5.74, 6) is 0.551. The molecule has 0 aliphatic carbocycles. The molecule has 0 radical (unpaired) electrons. The summed E-state index contributed by atoms with van der Waals surface area (Å²) < 4.78 is 11.3. The number of hydrogen-bond donors (Lipinski definition) is 1. The van der Waals surface area contributed by atoms with Gasteiger partial charge in [-0.05, 0) is 51.5 Å². The molecule has 5 nitrogen and oxygen atoms in total. The van der Waals surface area contributed by atoms with Gasteiger partial charge in [-0.15, -0.1) is 0 Å². The van der Waals surface area contributed by atoms with Crippen molar-refractivity contribution in [3.05, 3.63) is 30.5 Å². The van der Waals surface area contributed by atoms with Gasteiger partial charge in [0.2, 0.25) is 0 Å². The lowest BCUT2D eigenvalue weighted by Crippen LogP contribution is -2.39. The third-order valence-electron chi connectivity index (χ3n) is 3.79. The molecule has 1 aromatic carbocycles. The van der Waals surface area contributed by atoms with Crippen LogP contribution in [0.15, 0.2) is 30.5 Å². The van der Waals surface area contributed by atoms with Gasteiger partial charge in [0, 0.05) is 18.2 Å². The average Bonchev–Trinajstić information content (AvgIpc) is 2.56. The van der Waals surface area contributed by atoms with E-state index < -0.39 is 5.60 Å². The van der Waals surface area contributed by atoms with Crippen LogP contribution in [0.3, 0.4) is 0 Å².